The average Bonchev–Trinajstić information content (AvgIpc) is 3.00. The number of amides is 3. The van der Waals surface area contributed by atoms with Crippen molar-refractivity contribution >= 4 is 39.9 Å². The van der Waals surface area contributed by atoms with Crippen molar-refractivity contribution in [1.82, 2.24) is 10.3 Å². The number of anilines is 1. The van der Waals surface area contributed by atoms with Crippen molar-refractivity contribution in [2.24, 2.45) is 5.73 Å². The normalized spacial score (nSPS) is 15.0. The lowest BCUT2D eigenvalue weighted by atomic mass is 9.99. The van der Waals surface area contributed by atoms with Crippen LogP contribution in [-0.4, -0.2) is 29.3 Å². The van der Waals surface area contributed by atoms with Crippen LogP contribution in [0.25, 0.3) is 16.5 Å². The van der Waals surface area contributed by atoms with Gasteiger partial charge in [-0.25, -0.2) is 0 Å². The number of nitrogens with two attached hydrogens (primary N) is 1. The lowest BCUT2D eigenvalue weighted by Gasteiger charge is -2.07. The number of benzene rings is 2. The van der Waals surface area contributed by atoms with Gasteiger partial charge in [-0.15, -0.1) is 0 Å². The first-order valence-corrected chi connectivity index (χ1v) is 8.83. The maximum absolute atomic E-state index is 12.6. The molecule has 0 saturated heterocycles. The maximum atomic E-state index is 12.6. The van der Waals surface area contributed by atoms with Gasteiger partial charge in [0.05, 0.1) is 0 Å². The highest BCUT2D eigenvalue weighted by Gasteiger charge is 2.23. The molecule has 0 saturated carbocycles. The summed E-state index contributed by atoms with van der Waals surface area (Å²) in [5, 5.41) is 6.52. The molecular formula is C21H18N4O3. The average molecular weight is 374 g/mol. The Hall–Kier alpha value is -3.87. The quantitative estimate of drug-likeness (QED) is 0.527. The van der Waals surface area contributed by atoms with Crippen molar-refractivity contribution in [1.29, 1.82) is 0 Å². The van der Waals surface area contributed by atoms with Crippen molar-refractivity contribution in [3.8, 4) is 0 Å². The zero-order chi connectivity index (χ0) is 19.7. The molecule has 0 radical (unpaired) electrons. The fraction of sp³-hybridized carbons (Fsp3) is 0.0952. The molecule has 7 heteroatoms. The highest BCUT2D eigenvalue weighted by atomic mass is 16.2. The molecule has 1 aliphatic heterocycles. The molecule has 0 spiro atoms. The Morgan fingerprint density at radius 2 is 1.82 bits per heavy atom. The molecule has 0 unspecified atom stereocenters. The first-order chi connectivity index (χ1) is 13.5. The number of hydrogen-bond donors (Lipinski definition) is 4. The molecule has 0 aliphatic carbocycles. The number of aromatic amines is 1. The van der Waals surface area contributed by atoms with Gasteiger partial charge in [-0.05, 0) is 42.3 Å². The summed E-state index contributed by atoms with van der Waals surface area (Å²) < 4.78 is 0. The van der Waals surface area contributed by atoms with Crippen molar-refractivity contribution in [2.75, 3.05) is 11.9 Å². The second-order valence-electron chi connectivity index (χ2n) is 6.53. The lowest BCUT2D eigenvalue weighted by molar-refractivity contribution is -0.111. The summed E-state index contributed by atoms with van der Waals surface area (Å²) in [7, 11) is 0. The standard InChI is InChI=1S/C21H18N4O3/c22-20(27)12-5-7-14(8-6-12)24-17(26)11-13-9-10-23-21(28)19-18(13)15-3-1-2-4-16(15)25-19/h1-8,11,25H,9-10H2,(H2,22,27)(H,23,28)(H,24,26)/b13-11-. The summed E-state index contributed by atoms with van der Waals surface area (Å²) in [6.45, 7) is 0.447. The molecule has 2 aromatic carbocycles. The summed E-state index contributed by atoms with van der Waals surface area (Å²) in [6.07, 6.45) is 2.05. The largest absolute Gasteiger partial charge is 0.366 e. The zero-order valence-corrected chi connectivity index (χ0v) is 14.9. The highest BCUT2D eigenvalue weighted by Crippen LogP contribution is 2.32. The van der Waals surface area contributed by atoms with Gasteiger partial charge in [-0.3, -0.25) is 14.4 Å². The van der Waals surface area contributed by atoms with Crippen LogP contribution in [0.1, 0.15) is 32.8 Å². The monoisotopic (exact) mass is 374 g/mol. The van der Waals surface area contributed by atoms with Gasteiger partial charge in [-0.1, -0.05) is 18.2 Å². The van der Waals surface area contributed by atoms with Crippen molar-refractivity contribution in [3.05, 3.63) is 71.4 Å². The third-order valence-corrected chi connectivity index (χ3v) is 4.68. The summed E-state index contributed by atoms with van der Waals surface area (Å²) >= 11 is 0. The minimum absolute atomic E-state index is 0.183. The van der Waals surface area contributed by atoms with E-state index in [1.807, 2.05) is 24.3 Å². The molecule has 2 heterocycles. The van der Waals surface area contributed by atoms with Crippen LogP contribution in [-0.2, 0) is 4.79 Å². The fourth-order valence-electron chi connectivity index (χ4n) is 3.37. The predicted molar refractivity (Wildman–Crippen MR) is 107 cm³/mol. The number of primary amides is 1. The van der Waals surface area contributed by atoms with E-state index < -0.39 is 5.91 Å². The minimum atomic E-state index is -0.525. The topological polar surface area (TPSA) is 117 Å². The van der Waals surface area contributed by atoms with E-state index in [4.69, 9.17) is 5.73 Å². The van der Waals surface area contributed by atoms with Gasteiger partial charge in [-0.2, -0.15) is 0 Å². The molecule has 1 aliphatic rings. The number of para-hydroxylation sites is 1. The summed E-state index contributed by atoms with van der Waals surface area (Å²) in [5.41, 5.74) is 8.98. The summed E-state index contributed by atoms with van der Waals surface area (Å²) in [5.74, 6) is -1.02. The van der Waals surface area contributed by atoms with Crippen LogP contribution in [0.5, 0.6) is 0 Å². The van der Waals surface area contributed by atoms with E-state index >= 15 is 0 Å². The fourth-order valence-corrected chi connectivity index (χ4v) is 3.37. The third-order valence-electron chi connectivity index (χ3n) is 4.68. The Morgan fingerprint density at radius 1 is 1.07 bits per heavy atom. The Bertz CT molecular complexity index is 1130. The second-order valence-corrected chi connectivity index (χ2v) is 6.53. The Balaban J connectivity index is 1.67. The lowest BCUT2D eigenvalue weighted by Crippen LogP contribution is -2.22. The van der Waals surface area contributed by atoms with Crippen LogP contribution in [0, 0.1) is 0 Å². The van der Waals surface area contributed by atoms with Gasteiger partial charge in [0.2, 0.25) is 11.8 Å². The van der Waals surface area contributed by atoms with E-state index in [0.717, 1.165) is 22.0 Å². The van der Waals surface area contributed by atoms with Crippen LogP contribution in [0.15, 0.2) is 54.6 Å². The number of nitrogens with one attached hydrogen (secondary N) is 3. The molecule has 0 atom stereocenters. The van der Waals surface area contributed by atoms with Crippen LogP contribution in [0.2, 0.25) is 0 Å². The molecule has 4 rings (SSSR count). The third kappa shape index (κ3) is 3.25. The van der Waals surface area contributed by atoms with Crippen LogP contribution < -0.4 is 16.4 Å². The molecule has 0 bridgehead atoms. The second kappa shape index (κ2) is 7.03. The van der Waals surface area contributed by atoms with Crippen molar-refractivity contribution in [2.45, 2.75) is 6.42 Å². The van der Waals surface area contributed by atoms with E-state index in [0.29, 0.717) is 29.9 Å². The predicted octanol–water partition coefficient (Wildman–Crippen LogP) is 2.42. The van der Waals surface area contributed by atoms with E-state index in [2.05, 4.69) is 15.6 Å². The zero-order valence-electron chi connectivity index (χ0n) is 14.9. The Kier molecular flexibility index (Phi) is 4.41. The van der Waals surface area contributed by atoms with Crippen LogP contribution in [0.3, 0.4) is 0 Å². The van der Waals surface area contributed by atoms with E-state index in [1.54, 1.807) is 24.3 Å². The SMILES string of the molecule is NC(=O)c1ccc(NC(=O)/C=C2/CCNC(=O)c3[nH]c4ccccc4c32)cc1. The van der Waals surface area contributed by atoms with Gasteiger partial charge in [0, 0.05) is 40.3 Å². The van der Waals surface area contributed by atoms with Gasteiger partial charge < -0.3 is 21.4 Å². The molecule has 7 nitrogen and oxygen atoms in total. The molecule has 140 valence electrons. The number of hydrogen-bond acceptors (Lipinski definition) is 3. The molecular weight excluding hydrogens is 356 g/mol. The maximum Gasteiger partial charge on any atom is 0.268 e. The summed E-state index contributed by atoms with van der Waals surface area (Å²) in [6, 6.07) is 14.0. The van der Waals surface area contributed by atoms with Gasteiger partial charge in [0.15, 0.2) is 0 Å². The highest BCUT2D eigenvalue weighted by molar-refractivity contribution is 6.12. The first kappa shape index (κ1) is 17.5. The van der Waals surface area contributed by atoms with Crippen LogP contribution in [0.4, 0.5) is 5.69 Å². The summed E-state index contributed by atoms with van der Waals surface area (Å²) in [4.78, 5) is 39.2. The van der Waals surface area contributed by atoms with Crippen molar-refractivity contribution < 1.29 is 14.4 Å². The van der Waals surface area contributed by atoms with Gasteiger partial charge in [0.1, 0.15) is 5.69 Å². The van der Waals surface area contributed by atoms with E-state index in [-0.39, 0.29) is 11.8 Å². The molecule has 1 aromatic heterocycles. The van der Waals surface area contributed by atoms with E-state index in [1.165, 1.54) is 6.08 Å². The minimum Gasteiger partial charge on any atom is -0.366 e. The molecule has 28 heavy (non-hydrogen) atoms. The van der Waals surface area contributed by atoms with Gasteiger partial charge in [0.25, 0.3) is 5.91 Å². The van der Waals surface area contributed by atoms with E-state index in [9.17, 15) is 14.4 Å². The molecule has 5 N–H and O–H groups in total. The molecule has 3 amide bonds. The van der Waals surface area contributed by atoms with Crippen LogP contribution >= 0.6 is 0 Å². The first-order valence-electron chi connectivity index (χ1n) is 8.83. The number of H-pyrrole nitrogens is 1. The number of carbonyl (C=O) groups excluding carboxylic acids is 3. The Morgan fingerprint density at radius 3 is 2.57 bits per heavy atom. The number of rotatable bonds is 3. The number of fused-ring (bicyclic) bond motifs is 3. The van der Waals surface area contributed by atoms with Crippen molar-refractivity contribution in [3.63, 3.8) is 0 Å². The van der Waals surface area contributed by atoms with Gasteiger partial charge >= 0.3 is 0 Å². The number of aromatic nitrogens is 1. The smallest absolute Gasteiger partial charge is 0.268 e. The Labute approximate surface area is 160 Å². The molecule has 3 aromatic rings. The molecule has 0 fully saturated rings. The number of carbonyl (C=O) groups is 3.